The van der Waals surface area contributed by atoms with E-state index in [2.05, 4.69) is 21.4 Å². The molecule has 7 heteroatoms. The molecule has 0 fully saturated rings. The largest absolute Gasteiger partial charge is 0.389 e. The third-order valence-electron chi connectivity index (χ3n) is 2.26. The SMILES string of the molecule is NNC(CCC(F)(F)F)c1ccc(F)c(Br)c1. The number of hydrazine groups is 1. The van der Waals surface area contributed by atoms with Crippen molar-refractivity contribution in [3.8, 4) is 0 Å². The molecule has 0 saturated carbocycles. The Bertz CT molecular complexity index is 381. The summed E-state index contributed by atoms with van der Waals surface area (Å²) in [5.41, 5.74) is 2.80. The molecule has 17 heavy (non-hydrogen) atoms. The molecule has 1 rings (SSSR count). The van der Waals surface area contributed by atoms with Crippen LogP contribution in [0.2, 0.25) is 0 Å². The number of hydrogen-bond donors (Lipinski definition) is 2. The molecule has 0 amide bonds. The van der Waals surface area contributed by atoms with Gasteiger partial charge in [-0.15, -0.1) is 0 Å². The van der Waals surface area contributed by atoms with Crippen molar-refractivity contribution >= 4 is 15.9 Å². The second kappa shape index (κ2) is 5.79. The molecule has 0 aliphatic carbocycles. The molecule has 0 saturated heterocycles. The molecule has 0 radical (unpaired) electrons. The molecule has 0 aliphatic rings. The first kappa shape index (κ1) is 14.4. The molecule has 1 aromatic carbocycles. The standard InChI is InChI=1S/C10H11BrF4N2/c11-7-5-6(1-2-8(7)12)9(17-16)3-4-10(13,14)15/h1-2,5,9,17H,3-4,16H2. The first-order valence-corrected chi connectivity index (χ1v) is 5.60. The van der Waals surface area contributed by atoms with Gasteiger partial charge in [-0.2, -0.15) is 13.2 Å². The van der Waals surface area contributed by atoms with Crippen molar-refractivity contribution in [2.24, 2.45) is 5.84 Å². The van der Waals surface area contributed by atoms with Crippen LogP contribution in [0.4, 0.5) is 17.6 Å². The van der Waals surface area contributed by atoms with Crippen LogP contribution in [0.25, 0.3) is 0 Å². The predicted molar refractivity (Wildman–Crippen MR) is 59.5 cm³/mol. The van der Waals surface area contributed by atoms with Crippen molar-refractivity contribution in [3.05, 3.63) is 34.1 Å². The lowest BCUT2D eigenvalue weighted by molar-refractivity contribution is -0.136. The summed E-state index contributed by atoms with van der Waals surface area (Å²) < 4.78 is 49.4. The van der Waals surface area contributed by atoms with E-state index in [1.807, 2.05) is 0 Å². The molecule has 0 bridgehead atoms. The zero-order chi connectivity index (χ0) is 13.1. The Labute approximate surface area is 104 Å². The molecule has 0 heterocycles. The predicted octanol–water partition coefficient (Wildman–Crippen LogP) is 3.44. The number of nitrogens with two attached hydrogens (primary N) is 1. The van der Waals surface area contributed by atoms with Crippen LogP contribution in [0.3, 0.4) is 0 Å². The van der Waals surface area contributed by atoms with Gasteiger partial charge in [-0.1, -0.05) is 6.07 Å². The summed E-state index contributed by atoms with van der Waals surface area (Å²) in [7, 11) is 0. The van der Waals surface area contributed by atoms with Gasteiger partial charge in [0, 0.05) is 12.5 Å². The topological polar surface area (TPSA) is 38.0 Å². The van der Waals surface area contributed by atoms with Gasteiger partial charge in [-0.25, -0.2) is 4.39 Å². The number of rotatable bonds is 4. The summed E-state index contributed by atoms with van der Waals surface area (Å²) in [5.74, 6) is 4.72. The number of nitrogens with one attached hydrogen (secondary N) is 1. The maximum atomic E-state index is 13.0. The van der Waals surface area contributed by atoms with Crippen molar-refractivity contribution in [2.75, 3.05) is 0 Å². The number of benzene rings is 1. The lowest BCUT2D eigenvalue weighted by atomic mass is 10.0. The van der Waals surface area contributed by atoms with Crippen molar-refractivity contribution in [2.45, 2.75) is 25.1 Å². The zero-order valence-corrected chi connectivity index (χ0v) is 10.3. The summed E-state index contributed by atoms with van der Waals surface area (Å²) in [4.78, 5) is 0. The van der Waals surface area contributed by atoms with Crippen LogP contribution < -0.4 is 11.3 Å². The second-order valence-corrected chi connectivity index (χ2v) is 4.40. The molecule has 0 aliphatic heterocycles. The van der Waals surface area contributed by atoms with Crippen LogP contribution >= 0.6 is 15.9 Å². The van der Waals surface area contributed by atoms with E-state index >= 15 is 0 Å². The first-order valence-electron chi connectivity index (χ1n) is 4.81. The summed E-state index contributed by atoms with van der Waals surface area (Å²) in [6.07, 6.45) is -5.37. The lowest BCUT2D eigenvalue weighted by Crippen LogP contribution is -2.29. The van der Waals surface area contributed by atoms with Gasteiger partial charge in [-0.05, 0) is 40.0 Å². The fraction of sp³-hybridized carbons (Fsp3) is 0.400. The van der Waals surface area contributed by atoms with Gasteiger partial charge in [-0.3, -0.25) is 11.3 Å². The maximum absolute atomic E-state index is 13.0. The van der Waals surface area contributed by atoms with E-state index < -0.39 is 24.5 Å². The van der Waals surface area contributed by atoms with Gasteiger partial charge in [0.05, 0.1) is 4.47 Å². The second-order valence-electron chi connectivity index (χ2n) is 3.55. The van der Waals surface area contributed by atoms with E-state index in [1.165, 1.54) is 18.2 Å². The van der Waals surface area contributed by atoms with Crippen molar-refractivity contribution in [1.82, 2.24) is 5.43 Å². The average molecular weight is 315 g/mol. The quantitative estimate of drug-likeness (QED) is 0.507. The van der Waals surface area contributed by atoms with E-state index in [1.54, 1.807) is 0 Å². The maximum Gasteiger partial charge on any atom is 0.389 e. The van der Waals surface area contributed by atoms with Gasteiger partial charge < -0.3 is 0 Å². The van der Waals surface area contributed by atoms with Crippen molar-refractivity contribution < 1.29 is 17.6 Å². The molecule has 1 unspecified atom stereocenters. The lowest BCUT2D eigenvalue weighted by Gasteiger charge is -2.17. The molecule has 0 spiro atoms. The van der Waals surface area contributed by atoms with Crippen LogP contribution in [0, 0.1) is 5.82 Å². The normalized spacial score (nSPS) is 13.8. The third-order valence-corrected chi connectivity index (χ3v) is 2.87. The fourth-order valence-electron chi connectivity index (χ4n) is 1.38. The van der Waals surface area contributed by atoms with Gasteiger partial charge >= 0.3 is 6.18 Å². The van der Waals surface area contributed by atoms with Crippen LogP contribution in [0.15, 0.2) is 22.7 Å². The summed E-state index contributed by atoms with van der Waals surface area (Å²) in [6, 6.07) is 3.34. The van der Waals surface area contributed by atoms with E-state index in [-0.39, 0.29) is 10.9 Å². The molecular weight excluding hydrogens is 304 g/mol. The Morgan fingerprint density at radius 2 is 2.00 bits per heavy atom. The Morgan fingerprint density at radius 1 is 1.35 bits per heavy atom. The first-order chi connectivity index (χ1) is 7.83. The average Bonchev–Trinajstić information content (AvgIpc) is 2.22. The molecule has 3 N–H and O–H groups in total. The highest BCUT2D eigenvalue weighted by molar-refractivity contribution is 9.10. The van der Waals surface area contributed by atoms with Crippen LogP contribution in [0.5, 0.6) is 0 Å². The molecule has 96 valence electrons. The van der Waals surface area contributed by atoms with Crippen LogP contribution in [-0.4, -0.2) is 6.18 Å². The van der Waals surface area contributed by atoms with Gasteiger partial charge in [0.25, 0.3) is 0 Å². The monoisotopic (exact) mass is 314 g/mol. The zero-order valence-electron chi connectivity index (χ0n) is 8.69. The van der Waals surface area contributed by atoms with E-state index in [4.69, 9.17) is 5.84 Å². The molecule has 2 nitrogen and oxygen atoms in total. The Kier molecular flexibility index (Phi) is 4.91. The number of halogens is 5. The van der Waals surface area contributed by atoms with E-state index in [0.717, 1.165) is 0 Å². The minimum Gasteiger partial charge on any atom is -0.271 e. The highest BCUT2D eigenvalue weighted by Gasteiger charge is 2.28. The van der Waals surface area contributed by atoms with Gasteiger partial charge in [0.2, 0.25) is 0 Å². The Balaban J connectivity index is 2.76. The van der Waals surface area contributed by atoms with Crippen molar-refractivity contribution in [1.29, 1.82) is 0 Å². The molecule has 1 atom stereocenters. The van der Waals surface area contributed by atoms with Gasteiger partial charge in [0.1, 0.15) is 5.82 Å². The molecular formula is C10H11BrF4N2. The highest BCUT2D eigenvalue weighted by Crippen LogP contribution is 2.28. The third kappa shape index (κ3) is 4.61. The summed E-state index contributed by atoms with van der Waals surface area (Å²) in [5, 5.41) is 0. The fourth-order valence-corrected chi connectivity index (χ4v) is 1.78. The van der Waals surface area contributed by atoms with E-state index in [0.29, 0.717) is 5.56 Å². The number of alkyl halides is 3. The number of hydrogen-bond acceptors (Lipinski definition) is 2. The smallest absolute Gasteiger partial charge is 0.271 e. The van der Waals surface area contributed by atoms with Crippen LogP contribution in [-0.2, 0) is 0 Å². The Hall–Kier alpha value is -0.660. The summed E-state index contributed by atoms with van der Waals surface area (Å²) >= 11 is 2.97. The van der Waals surface area contributed by atoms with E-state index in [9.17, 15) is 17.6 Å². The molecule has 1 aromatic rings. The Morgan fingerprint density at radius 3 is 2.47 bits per heavy atom. The van der Waals surface area contributed by atoms with Crippen LogP contribution in [0.1, 0.15) is 24.4 Å². The highest BCUT2D eigenvalue weighted by atomic mass is 79.9. The summed E-state index contributed by atoms with van der Waals surface area (Å²) in [6.45, 7) is 0. The van der Waals surface area contributed by atoms with Gasteiger partial charge in [0.15, 0.2) is 0 Å². The van der Waals surface area contributed by atoms with Crippen molar-refractivity contribution in [3.63, 3.8) is 0 Å². The minimum absolute atomic E-state index is 0.196. The molecule has 0 aromatic heterocycles. The minimum atomic E-state index is -4.23.